The average molecular weight is 253 g/mol. The molecule has 0 fully saturated rings. The van der Waals surface area contributed by atoms with Crippen LogP contribution in [-0.4, -0.2) is 19.1 Å². The molecule has 2 aromatic carbocycles. The van der Waals surface area contributed by atoms with Crippen molar-refractivity contribution < 1.29 is 9.53 Å². The Bertz CT molecular complexity index is 568. The first-order valence-corrected chi connectivity index (χ1v) is 6.40. The summed E-state index contributed by atoms with van der Waals surface area (Å²) in [6, 6.07) is 17.6. The molecular weight excluding hydrogens is 238 g/mol. The number of nitrogens with zero attached hydrogens (tertiary/aromatic N) is 1. The standard InChI is InChI=1S/C16H15NO2/c18-12-16(19-14-7-2-1-3-8-14)17-11-10-13-6-4-5-9-15(13)17/h1-9,12,16H,10-11H2. The summed E-state index contributed by atoms with van der Waals surface area (Å²) in [5.41, 5.74) is 2.36. The highest BCUT2D eigenvalue weighted by Gasteiger charge is 2.26. The fraction of sp³-hybridized carbons (Fsp3) is 0.188. The number of anilines is 1. The Labute approximate surface area is 112 Å². The molecule has 0 saturated heterocycles. The summed E-state index contributed by atoms with van der Waals surface area (Å²) in [4.78, 5) is 13.3. The van der Waals surface area contributed by atoms with E-state index in [9.17, 15) is 4.79 Å². The van der Waals surface area contributed by atoms with Crippen LogP contribution in [0.15, 0.2) is 54.6 Å². The van der Waals surface area contributed by atoms with Crippen LogP contribution in [-0.2, 0) is 11.2 Å². The van der Waals surface area contributed by atoms with E-state index in [2.05, 4.69) is 6.07 Å². The highest BCUT2D eigenvalue weighted by molar-refractivity contribution is 5.68. The number of ether oxygens (including phenoxy) is 1. The van der Waals surface area contributed by atoms with E-state index >= 15 is 0 Å². The van der Waals surface area contributed by atoms with Crippen molar-refractivity contribution in [2.75, 3.05) is 11.4 Å². The van der Waals surface area contributed by atoms with Gasteiger partial charge < -0.3 is 9.64 Å². The maximum Gasteiger partial charge on any atom is 0.228 e. The summed E-state index contributed by atoms with van der Waals surface area (Å²) >= 11 is 0. The van der Waals surface area contributed by atoms with Gasteiger partial charge in [0.15, 0.2) is 6.29 Å². The van der Waals surface area contributed by atoms with Crippen LogP contribution < -0.4 is 9.64 Å². The van der Waals surface area contributed by atoms with Crippen molar-refractivity contribution in [3.8, 4) is 5.75 Å². The predicted octanol–water partition coefficient (Wildman–Crippen LogP) is 2.65. The molecule has 0 bridgehead atoms. The largest absolute Gasteiger partial charge is 0.463 e. The van der Waals surface area contributed by atoms with Crippen molar-refractivity contribution in [3.05, 3.63) is 60.2 Å². The lowest BCUT2D eigenvalue weighted by atomic mass is 10.2. The van der Waals surface area contributed by atoms with Crippen LogP contribution in [0.3, 0.4) is 0 Å². The molecule has 1 heterocycles. The summed E-state index contributed by atoms with van der Waals surface area (Å²) in [6.07, 6.45) is 1.25. The number of fused-ring (bicyclic) bond motifs is 1. The van der Waals surface area contributed by atoms with Gasteiger partial charge in [-0.05, 0) is 30.2 Å². The van der Waals surface area contributed by atoms with Gasteiger partial charge in [0.2, 0.25) is 6.23 Å². The van der Waals surface area contributed by atoms with Crippen molar-refractivity contribution in [1.29, 1.82) is 0 Å². The zero-order valence-electron chi connectivity index (χ0n) is 10.5. The molecule has 3 heteroatoms. The Morgan fingerprint density at radius 1 is 1.05 bits per heavy atom. The second-order valence-corrected chi connectivity index (χ2v) is 4.53. The van der Waals surface area contributed by atoms with Crippen LogP contribution in [0.2, 0.25) is 0 Å². The van der Waals surface area contributed by atoms with Gasteiger partial charge in [-0.3, -0.25) is 4.79 Å². The van der Waals surface area contributed by atoms with E-state index in [-0.39, 0.29) is 0 Å². The lowest BCUT2D eigenvalue weighted by molar-refractivity contribution is -0.113. The molecule has 0 amide bonds. The number of hydrogen-bond donors (Lipinski definition) is 0. The zero-order valence-corrected chi connectivity index (χ0v) is 10.5. The van der Waals surface area contributed by atoms with Crippen LogP contribution in [0.1, 0.15) is 5.56 Å². The molecule has 96 valence electrons. The van der Waals surface area contributed by atoms with Crippen molar-refractivity contribution in [1.82, 2.24) is 0 Å². The Kier molecular flexibility index (Phi) is 3.19. The summed E-state index contributed by atoms with van der Waals surface area (Å²) < 4.78 is 5.76. The lowest BCUT2D eigenvalue weighted by Crippen LogP contribution is -2.39. The molecule has 1 aliphatic heterocycles. The van der Waals surface area contributed by atoms with Gasteiger partial charge in [-0.2, -0.15) is 0 Å². The summed E-state index contributed by atoms with van der Waals surface area (Å²) in [5.74, 6) is 0.712. The Balaban J connectivity index is 1.83. The monoisotopic (exact) mass is 253 g/mol. The maximum atomic E-state index is 11.3. The first-order valence-electron chi connectivity index (χ1n) is 6.40. The van der Waals surface area contributed by atoms with E-state index in [1.54, 1.807) is 0 Å². The smallest absolute Gasteiger partial charge is 0.228 e. The first kappa shape index (κ1) is 11.8. The predicted molar refractivity (Wildman–Crippen MR) is 74.4 cm³/mol. The molecule has 1 atom stereocenters. The number of benzene rings is 2. The van der Waals surface area contributed by atoms with Crippen molar-refractivity contribution in [3.63, 3.8) is 0 Å². The normalized spacial score (nSPS) is 14.8. The quantitative estimate of drug-likeness (QED) is 0.784. The van der Waals surface area contributed by atoms with Gasteiger partial charge in [0.1, 0.15) is 5.75 Å². The van der Waals surface area contributed by atoms with Gasteiger partial charge in [-0.1, -0.05) is 36.4 Å². The molecule has 0 saturated carbocycles. The number of hydrogen-bond acceptors (Lipinski definition) is 3. The third-order valence-corrected chi connectivity index (χ3v) is 3.35. The highest BCUT2D eigenvalue weighted by atomic mass is 16.5. The van der Waals surface area contributed by atoms with Crippen LogP contribution in [0.25, 0.3) is 0 Å². The second-order valence-electron chi connectivity index (χ2n) is 4.53. The summed E-state index contributed by atoms with van der Waals surface area (Å²) in [7, 11) is 0. The number of para-hydroxylation sites is 2. The van der Waals surface area contributed by atoms with Gasteiger partial charge in [-0.25, -0.2) is 0 Å². The molecule has 3 rings (SSSR count). The van der Waals surface area contributed by atoms with E-state index in [1.807, 2.05) is 53.4 Å². The molecule has 0 aromatic heterocycles. The summed E-state index contributed by atoms with van der Waals surface area (Å²) in [5, 5.41) is 0. The SMILES string of the molecule is O=CC(Oc1ccccc1)N1CCc2ccccc21. The molecule has 0 radical (unpaired) electrons. The van der Waals surface area contributed by atoms with Gasteiger partial charge >= 0.3 is 0 Å². The van der Waals surface area contributed by atoms with Gasteiger partial charge in [0, 0.05) is 12.2 Å². The fourth-order valence-electron chi connectivity index (χ4n) is 2.43. The minimum absolute atomic E-state index is 0.564. The molecule has 0 aliphatic carbocycles. The van der Waals surface area contributed by atoms with E-state index in [0.29, 0.717) is 5.75 Å². The van der Waals surface area contributed by atoms with Gasteiger partial charge in [-0.15, -0.1) is 0 Å². The lowest BCUT2D eigenvalue weighted by Gasteiger charge is -2.26. The van der Waals surface area contributed by atoms with Gasteiger partial charge in [0.25, 0.3) is 0 Å². The third-order valence-electron chi connectivity index (χ3n) is 3.35. The molecule has 2 aromatic rings. The van der Waals surface area contributed by atoms with E-state index < -0.39 is 6.23 Å². The van der Waals surface area contributed by atoms with E-state index in [4.69, 9.17) is 4.74 Å². The van der Waals surface area contributed by atoms with Crippen molar-refractivity contribution in [2.24, 2.45) is 0 Å². The Morgan fingerprint density at radius 2 is 1.79 bits per heavy atom. The number of aldehydes is 1. The Morgan fingerprint density at radius 3 is 2.58 bits per heavy atom. The number of carbonyl (C=O) groups is 1. The highest BCUT2D eigenvalue weighted by Crippen LogP contribution is 2.29. The van der Waals surface area contributed by atoms with Crippen LogP contribution in [0.5, 0.6) is 5.75 Å². The molecule has 3 nitrogen and oxygen atoms in total. The van der Waals surface area contributed by atoms with Crippen LogP contribution in [0.4, 0.5) is 5.69 Å². The molecule has 19 heavy (non-hydrogen) atoms. The molecule has 0 N–H and O–H groups in total. The number of rotatable bonds is 4. The molecule has 0 spiro atoms. The first-order chi connectivity index (χ1) is 9.38. The van der Waals surface area contributed by atoms with Crippen LogP contribution in [0, 0.1) is 0 Å². The molecule has 1 aliphatic rings. The van der Waals surface area contributed by atoms with Crippen LogP contribution >= 0.6 is 0 Å². The molecule has 1 unspecified atom stereocenters. The minimum atomic E-state index is -0.564. The number of carbonyl (C=O) groups excluding carboxylic acids is 1. The topological polar surface area (TPSA) is 29.5 Å². The average Bonchev–Trinajstić information content (AvgIpc) is 2.90. The van der Waals surface area contributed by atoms with Crippen molar-refractivity contribution in [2.45, 2.75) is 12.6 Å². The zero-order chi connectivity index (χ0) is 13.1. The van der Waals surface area contributed by atoms with E-state index in [0.717, 1.165) is 24.9 Å². The van der Waals surface area contributed by atoms with E-state index in [1.165, 1.54) is 5.56 Å². The molecular formula is C16H15NO2. The van der Waals surface area contributed by atoms with Crippen molar-refractivity contribution >= 4 is 12.0 Å². The second kappa shape index (κ2) is 5.14. The van der Waals surface area contributed by atoms with Gasteiger partial charge in [0.05, 0.1) is 0 Å². The Hall–Kier alpha value is -2.29. The fourth-order valence-corrected chi connectivity index (χ4v) is 2.43. The summed E-state index contributed by atoms with van der Waals surface area (Å²) in [6.45, 7) is 0.815. The maximum absolute atomic E-state index is 11.3. The minimum Gasteiger partial charge on any atom is -0.463 e. The third kappa shape index (κ3) is 2.32.